The van der Waals surface area contributed by atoms with Crippen LogP contribution in [0.4, 0.5) is 8.78 Å². The first-order chi connectivity index (χ1) is 10.1. The molecule has 112 valence electrons. The van der Waals surface area contributed by atoms with Gasteiger partial charge in [-0.25, -0.2) is 8.78 Å². The van der Waals surface area contributed by atoms with E-state index in [2.05, 4.69) is 29.6 Å². The quantitative estimate of drug-likeness (QED) is 0.846. The maximum atomic E-state index is 13.8. The van der Waals surface area contributed by atoms with Gasteiger partial charge in [0.1, 0.15) is 11.6 Å². The van der Waals surface area contributed by atoms with Crippen LogP contribution in [0.1, 0.15) is 23.6 Å². The summed E-state index contributed by atoms with van der Waals surface area (Å²) in [6, 6.07) is 12.0. The molecule has 0 bridgehead atoms. The molecule has 0 aliphatic heterocycles. The van der Waals surface area contributed by atoms with Crippen LogP contribution < -0.4 is 5.32 Å². The fourth-order valence-corrected chi connectivity index (χ4v) is 2.48. The van der Waals surface area contributed by atoms with E-state index >= 15 is 0 Å². The average Bonchev–Trinajstić information content (AvgIpc) is 2.45. The second kappa shape index (κ2) is 7.32. The first-order valence-electron chi connectivity index (χ1n) is 7.31. The van der Waals surface area contributed by atoms with Gasteiger partial charge in [-0.15, -0.1) is 0 Å². The van der Waals surface area contributed by atoms with Gasteiger partial charge >= 0.3 is 0 Å². The number of aryl methyl sites for hydroxylation is 1. The number of hydrogen-bond donors (Lipinski definition) is 1. The van der Waals surface area contributed by atoms with Crippen LogP contribution in [0.25, 0.3) is 0 Å². The van der Waals surface area contributed by atoms with Crippen molar-refractivity contribution >= 4 is 0 Å². The summed E-state index contributed by atoms with van der Waals surface area (Å²) in [4.78, 5) is 0. The van der Waals surface area contributed by atoms with Crippen molar-refractivity contribution < 1.29 is 8.78 Å². The zero-order chi connectivity index (χ0) is 15.2. The van der Waals surface area contributed by atoms with Crippen LogP contribution in [0, 0.1) is 18.6 Å². The van der Waals surface area contributed by atoms with E-state index in [0.29, 0.717) is 12.0 Å². The first-order valence-corrected chi connectivity index (χ1v) is 7.31. The van der Waals surface area contributed by atoms with Crippen LogP contribution in [0.15, 0.2) is 42.5 Å². The lowest BCUT2D eigenvalue weighted by atomic mass is 9.98. The molecule has 21 heavy (non-hydrogen) atoms. The minimum absolute atomic E-state index is 0.0917. The van der Waals surface area contributed by atoms with Crippen molar-refractivity contribution in [3.05, 3.63) is 70.8 Å². The number of hydrogen-bond acceptors (Lipinski definition) is 1. The van der Waals surface area contributed by atoms with Gasteiger partial charge in [0.25, 0.3) is 0 Å². The zero-order valence-corrected chi connectivity index (χ0v) is 12.5. The third kappa shape index (κ3) is 4.64. The number of halogens is 2. The lowest BCUT2D eigenvalue weighted by Crippen LogP contribution is -2.33. The average molecular weight is 289 g/mol. The van der Waals surface area contributed by atoms with Crippen molar-refractivity contribution in [3.8, 4) is 0 Å². The molecule has 0 fully saturated rings. The molecule has 1 unspecified atom stereocenters. The van der Waals surface area contributed by atoms with Crippen molar-refractivity contribution in [2.24, 2.45) is 0 Å². The Kier molecular flexibility index (Phi) is 5.45. The lowest BCUT2D eigenvalue weighted by molar-refractivity contribution is 0.502. The van der Waals surface area contributed by atoms with Crippen LogP contribution in [0.3, 0.4) is 0 Å². The molecule has 2 aromatic carbocycles. The van der Waals surface area contributed by atoms with Crippen LogP contribution >= 0.6 is 0 Å². The summed E-state index contributed by atoms with van der Waals surface area (Å²) in [6.45, 7) is 4.87. The van der Waals surface area contributed by atoms with E-state index in [-0.39, 0.29) is 11.9 Å². The molecule has 0 heterocycles. The fourth-order valence-electron chi connectivity index (χ4n) is 2.48. The maximum absolute atomic E-state index is 13.8. The first kappa shape index (κ1) is 15.6. The lowest BCUT2D eigenvalue weighted by Gasteiger charge is -2.18. The number of benzene rings is 2. The van der Waals surface area contributed by atoms with Gasteiger partial charge in [0.15, 0.2) is 0 Å². The van der Waals surface area contributed by atoms with Gasteiger partial charge in [-0.2, -0.15) is 0 Å². The van der Waals surface area contributed by atoms with E-state index in [0.717, 1.165) is 19.0 Å². The van der Waals surface area contributed by atoms with Gasteiger partial charge in [0, 0.05) is 6.04 Å². The minimum atomic E-state index is -0.392. The van der Waals surface area contributed by atoms with E-state index in [4.69, 9.17) is 0 Å². The summed E-state index contributed by atoms with van der Waals surface area (Å²) in [6.07, 6.45) is 1.27. The maximum Gasteiger partial charge on any atom is 0.126 e. The van der Waals surface area contributed by atoms with E-state index < -0.39 is 5.82 Å². The summed E-state index contributed by atoms with van der Waals surface area (Å²) >= 11 is 0. The van der Waals surface area contributed by atoms with Crippen molar-refractivity contribution in [1.82, 2.24) is 5.32 Å². The molecule has 0 saturated heterocycles. The number of likely N-dealkylation sites (N-methyl/N-ethyl adjacent to an activating group) is 1. The zero-order valence-electron chi connectivity index (χ0n) is 12.5. The molecule has 0 aromatic heterocycles. The summed E-state index contributed by atoms with van der Waals surface area (Å²) in [5, 5.41) is 3.35. The molecule has 2 rings (SSSR count). The Morgan fingerprint density at radius 1 is 1.00 bits per heavy atom. The summed E-state index contributed by atoms with van der Waals surface area (Å²) in [5.74, 6) is -0.736. The summed E-state index contributed by atoms with van der Waals surface area (Å²) in [7, 11) is 0. The standard InChI is InChI=1S/C18H21F2N/c1-3-21-17(10-14-6-4-13(2)5-7-14)12-15-11-16(19)8-9-18(15)20/h4-9,11,17,21H,3,10,12H2,1-2H3. The molecule has 0 aliphatic rings. The molecular formula is C18H21F2N. The van der Waals surface area contributed by atoms with Gasteiger partial charge in [-0.1, -0.05) is 36.8 Å². The molecule has 1 N–H and O–H groups in total. The van der Waals surface area contributed by atoms with Crippen molar-refractivity contribution in [1.29, 1.82) is 0 Å². The second-order valence-corrected chi connectivity index (χ2v) is 5.38. The highest BCUT2D eigenvalue weighted by Crippen LogP contribution is 2.15. The SMILES string of the molecule is CCNC(Cc1ccc(C)cc1)Cc1cc(F)ccc1F. The predicted octanol–water partition coefficient (Wildman–Crippen LogP) is 4.04. The monoisotopic (exact) mass is 289 g/mol. The Bertz CT molecular complexity index is 578. The molecule has 0 aliphatic carbocycles. The smallest absolute Gasteiger partial charge is 0.126 e. The molecule has 1 atom stereocenters. The fraction of sp³-hybridized carbons (Fsp3) is 0.333. The number of rotatable bonds is 6. The largest absolute Gasteiger partial charge is 0.314 e. The van der Waals surface area contributed by atoms with Crippen LogP contribution in [-0.2, 0) is 12.8 Å². The van der Waals surface area contributed by atoms with Crippen molar-refractivity contribution in [3.63, 3.8) is 0 Å². The predicted molar refractivity (Wildman–Crippen MR) is 82.4 cm³/mol. The Hall–Kier alpha value is -1.74. The van der Waals surface area contributed by atoms with Gasteiger partial charge in [-0.05, 0) is 55.6 Å². The third-order valence-electron chi connectivity index (χ3n) is 3.57. The molecule has 0 amide bonds. The van der Waals surface area contributed by atoms with Gasteiger partial charge in [0.05, 0.1) is 0 Å². The second-order valence-electron chi connectivity index (χ2n) is 5.38. The molecule has 2 aromatic rings. The highest BCUT2D eigenvalue weighted by atomic mass is 19.1. The molecule has 3 heteroatoms. The van der Waals surface area contributed by atoms with Crippen molar-refractivity contribution in [2.75, 3.05) is 6.54 Å². The van der Waals surface area contributed by atoms with Crippen molar-refractivity contribution in [2.45, 2.75) is 32.7 Å². The summed E-state index contributed by atoms with van der Waals surface area (Å²) in [5.41, 5.74) is 2.84. The Balaban J connectivity index is 2.11. The van der Waals surface area contributed by atoms with Gasteiger partial charge < -0.3 is 5.32 Å². The highest BCUT2D eigenvalue weighted by Gasteiger charge is 2.13. The summed E-state index contributed by atoms with van der Waals surface area (Å²) < 4.78 is 27.0. The van der Waals surface area contributed by atoms with E-state index in [1.165, 1.54) is 23.3 Å². The van der Waals surface area contributed by atoms with Gasteiger partial charge in [0.2, 0.25) is 0 Å². The van der Waals surface area contributed by atoms with E-state index in [9.17, 15) is 8.78 Å². The minimum Gasteiger partial charge on any atom is -0.314 e. The highest BCUT2D eigenvalue weighted by molar-refractivity contribution is 5.24. The Morgan fingerprint density at radius 2 is 1.71 bits per heavy atom. The topological polar surface area (TPSA) is 12.0 Å². The molecule has 1 nitrogen and oxygen atoms in total. The van der Waals surface area contributed by atoms with E-state index in [1.54, 1.807) is 0 Å². The normalized spacial score (nSPS) is 12.4. The Labute approximate surface area is 125 Å². The third-order valence-corrected chi connectivity index (χ3v) is 3.57. The van der Waals surface area contributed by atoms with Crippen LogP contribution in [0.5, 0.6) is 0 Å². The molecule has 0 radical (unpaired) electrons. The van der Waals surface area contributed by atoms with Gasteiger partial charge in [-0.3, -0.25) is 0 Å². The molecular weight excluding hydrogens is 268 g/mol. The molecule has 0 spiro atoms. The molecule has 0 saturated carbocycles. The van der Waals surface area contributed by atoms with Crippen LogP contribution in [0.2, 0.25) is 0 Å². The van der Waals surface area contributed by atoms with E-state index in [1.807, 2.05) is 13.8 Å². The van der Waals surface area contributed by atoms with Crippen LogP contribution in [-0.4, -0.2) is 12.6 Å². The number of nitrogens with one attached hydrogen (secondary N) is 1. The Morgan fingerprint density at radius 3 is 2.38 bits per heavy atom.